The molecule has 0 radical (unpaired) electrons. The molecule has 0 aliphatic heterocycles. The van der Waals surface area contributed by atoms with Crippen molar-refractivity contribution in [1.29, 1.82) is 0 Å². The van der Waals surface area contributed by atoms with Gasteiger partial charge in [0.25, 0.3) is 5.56 Å². The maximum atomic E-state index is 12.8. The Balaban J connectivity index is 2.24. The van der Waals surface area contributed by atoms with Crippen LogP contribution in [0.3, 0.4) is 0 Å². The molecule has 0 saturated heterocycles. The molecule has 0 spiro atoms. The molecule has 1 aromatic carbocycles. The normalized spacial score (nSPS) is 18.5. The van der Waals surface area contributed by atoms with Crippen molar-refractivity contribution < 1.29 is 0 Å². The average molecular weight is 306 g/mol. The van der Waals surface area contributed by atoms with Gasteiger partial charge in [0.15, 0.2) is 0 Å². The first-order chi connectivity index (χ1) is 10.7. The van der Waals surface area contributed by atoms with Crippen LogP contribution in [0, 0.1) is 6.92 Å². The highest BCUT2D eigenvalue weighted by Crippen LogP contribution is 2.47. The van der Waals surface area contributed by atoms with E-state index in [1.165, 1.54) is 5.56 Å². The van der Waals surface area contributed by atoms with Gasteiger partial charge in [-0.1, -0.05) is 51.5 Å². The third-order valence-electron chi connectivity index (χ3n) is 5.18. The maximum Gasteiger partial charge on any atom is 0.277 e. The number of hydrogen-bond donors (Lipinski definition) is 0. The van der Waals surface area contributed by atoms with Gasteiger partial charge in [-0.15, -0.1) is 0 Å². The predicted octanol–water partition coefficient (Wildman–Crippen LogP) is 4.12. The first-order valence-electron chi connectivity index (χ1n) is 8.17. The summed E-state index contributed by atoms with van der Waals surface area (Å²) in [5.74, 6) is 0. The van der Waals surface area contributed by atoms with Crippen molar-refractivity contribution in [2.45, 2.75) is 51.9 Å². The highest BCUT2D eigenvalue weighted by molar-refractivity contribution is 5.94. The number of fused-ring (bicyclic) bond motifs is 5. The van der Waals surface area contributed by atoms with Crippen molar-refractivity contribution in [2.75, 3.05) is 0 Å². The number of aryl methyl sites for hydroxylation is 1. The number of pyridine rings is 1. The minimum absolute atomic E-state index is 0.0395. The van der Waals surface area contributed by atoms with Crippen LogP contribution in [0.1, 0.15) is 50.9 Å². The van der Waals surface area contributed by atoms with E-state index in [1.807, 2.05) is 0 Å². The van der Waals surface area contributed by atoms with Crippen molar-refractivity contribution in [2.24, 2.45) is 0 Å². The van der Waals surface area contributed by atoms with Crippen LogP contribution in [0.15, 0.2) is 35.3 Å². The molecule has 0 saturated carbocycles. The van der Waals surface area contributed by atoms with Gasteiger partial charge >= 0.3 is 0 Å². The topological polar surface area (TPSA) is 34.4 Å². The van der Waals surface area contributed by atoms with Crippen molar-refractivity contribution in [3.05, 3.63) is 57.6 Å². The second-order valence-electron chi connectivity index (χ2n) is 8.19. The van der Waals surface area contributed by atoms with E-state index in [4.69, 9.17) is 0 Å². The van der Waals surface area contributed by atoms with E-state index in [0.717, 1.165) is 34.1 Å². The Labute approximate surface area is 136 Å². The lowest BCUT2D eigenvalue weighted by Crippen LogP contribution is -2.26. The third kappa shape index (κ3) is 1.89. The Morgan fingerprint density at radius 2 is 1.83 bits per heavy atom. The summed E-state index contributed by atoms with van der Waals surface area (Å²) in [7, 11) is 0. The molecule has 0 unspecified atom stereocenters. The Bertz CT molecular complexity index is 1030. The molecule has 2 heterocycles. The van der Waals surface area contributed by atoms with Crippen molar-refractivity contribution in [3.63, 3.8) is 0 Å². The van der Waals surface area contributed by atoms with Gasteiger partial charge in [-0.3, -0.25) is 4.79 Å². The fourth-order valence-electron chi connectivity index (χ4n) is 4.60. The largest absolute Gasteiger partial charge is 0.304 e. The lowest BCUT2D eigenvalue weighted by atomic mass is 9.82. The monoisotopic (exact) mass is 306 g/mol. The van der Waals surface area contributed by atoms with E-state index < -0.39 is 0 Å². The molecule has 2 aromatic heterocycles. The van der Waals surface area contributed by atoms with Crippen LogP contribution < -0.4 is 5.56 Å². The zero-order chi connectivity index (χ0) is 16.6. The lowest BCUT2D eigenvalue weighted by molar-refractivity contribution is 0.397. The fourth-order valence-corrected chi connectivity index (χ4v) is 4.60. The van der Waals surface area contributed by atoms with Crippen LogP contribution in [0.5, 0.6) is 0 Å². The van der Waals surface area contributed by atoms with E-state index in [2.05, 4.69) is 74.5 Å². The smallest absolute Gasteiger partial charge is 0.277 e. The summed E-state index contributed by atoms with van der Waals surface area (Å²) >= 11 is 0. The van der Waals surface area contributed by atoms with Gasteiger partial charge in [-0.25, -0.2) is 0 Å². The number of hydrogen-bond acceptors (Lipinski definition) is 2. The Kier molecular flexibility index (Phi) is 2.65. The summed E-state index contributed by atoms with van der Waals surface area (Å²) in [5.41, 5.74) is 3.76. The molecule has 23 heavy (non-hydrogen) atoms. The molecule has 0 bridgehead atoms. The van der Waals surface area contributed by atoms with Crippen LogP contribution >= 0.6 is 0 Å². The van der Waals surface area contributed by atoms with Crippen LogP contribution in [0.4, 0.5) is 0 Å². The molecule has 3 aromatic rings. The highest BCUT2D eigenvalue weighted by atomic mass is 16.1. The average Bonchev–Trinajstić information content (AvgIpc) is 2.64. The summed E-state index contributed by atoms with van der Waals surface area (Å²) in [6.07, 6.45) is 3.04. The minimum Gasteiger partial charge on any atom is -0.304 e. The summed E-state index contributed by atoms with van der Waals surface area (Å²) < 4.78 is 2.14. The van der Waals surface area contributed by atoms with E-state index in [0.29, 0.717) is 0 Å². The molecule has 0 N–H and O–H groups in total. The standard InChI is InChI=1S/C20H22N2O/c1-12-6-7-14-13(10-12)8-9-22-16-15(18(23)21-17(14)22)19(2,3)11-20(16,4)5/h6-10H,11H2,1-5H3. The SMILES string of the molecule is Cc1ccc2c(ccn3c4c(c(=O)nc23)C(C)(C)CC4(C)C)c1. The van der Waals surface area contributed by atoms with Crippen molar-refractivity contribution in [1.82, 2.24) is 9.38 Å². The van der Waals surface area contributed by atoms with E-state index in [1.54, 1.807) is 0 Å². The van der Waals surface area contributed by atoms with Crippen molar-refractivity contribution in [3.8, 4) is 0 Å². The predicted molar refractivity (Wildman–Crippen MR) is 94.4 cm³/mol. The Morgan fingerprint density at radius 1 is 1.09 bits per heavy atom. The van der Waals surface area contributed by atoms with Crippen LogP contribution in [0.25, 0.3) is 16.4 Å². The van der Waals surface area contributed by atoms with Gasteiger partial charge in [0, 0.05) is 28.3 Å². The van der Waals surface area contributed by atoms with Gasteiger partial charge in [-0.05, 0) is 30.2 Å². The highest BCUT2D eigenvalue weighted by Gasteiger charge is 2.45. The molecule has 0 amide bonds. The molecule has 3 nitrogen and oxygen atoms in total. The second-order valence-corrected chi connectivity index (χ2v) is 8.19. The molecule has 1 aliphatic carbocycles. The van der Waals surface area contributed by atoms with Gasteiger partial charge in [0.1, 0.15) is 5.65 Å². The number of nitrogens with zero attached hydrogens (tertiary/aromatic N) is 2. The van der Waals surface area contributed by atoms with Gasteiger partial charge in [0.05, 0.1) is 0 Å². The fraction of sp³-hybridized carbons (Fsp3) is 0.400. The Morgan fingerprint density at radius 3 is 2.57 bits per heavy atom. The first-order valence-corrected chi connectivity index (χ1v) is 8.17. The molecule has 118 valence electrons. The third-order valence-corrected chi connectivity index (χ3v) is 5.18. The van der Waals surface area contributed by atoms with E-state index >= 15 is 0 Å². The quantitative estimate of drug-likeness (QED) is 0.586. The summed E-state index contributed by atoms with van der Waals surface area (Å²) in [6, 6.07) is 8.43. The zero-order valence-corrected chi connectivity index (χ0v) is 14.4. The van der Waals surface area contributed by atoms with E-state index in [-0.39, 0.29) is 16.4 Å². The van der Waals surface area contributed by atoms with Gasteiger partial charge in [0.2, 0.25) is 0 Å². The Hall–Kier alpha value is -2.16. The number of rotatable bonds is 0. The lowest BCUT2D eigenvalue weighted by Gasteiger charge is -2.22. The van der Waals surface area contributed by atoms with Gasteiger partial charge in [-0.2, -0.15) is 4.98 Å². The molecule has 0 fully saturated rings. The second kappa shape index (κ2) is 4.22. The number of benzene rings is 1. The molecule has 4 rings (SSSR count). The molecule has 3 heteroatoms. The summed E-state index contributed by atoms with van der Waals surface area (Å²) in [6.45, 7) is 10.8. The van der Waals surface area contributed by atoms with Gasteiger partial charge < -0.3 is 4.40 Å². The number of aromatic nitrogens is 2. The molecule has 1 aliphatic rings. The van der Waals surface area contributed by atoms with Crippen LogP contribution in [-0.4, -0.2) is 9.38 Å². The van der Waals surface area contributed by atoms with Crippen LogP contribution in [0.2, 0.25) is 0 Å². The summed E-state index contributed by atoms with van der Waals surface area (Å²) in [4.78, 5) is 17.3. The maximum absolute atomic E-state index is 12.8. The molecule has 0 atom stereocenters. The van der Waals surface area contributed by atoms with Crippen molar-refractivity contribution >= 4 is 16.4 Å². The first kappa shape index (κ1) is 14.4. The van der Waals surface area contributed by atoms with Crippen LogP contribution in [-0.2, 0) is 10.8 Å². The molecular weight excluding hydrogens is 284 g/mol. The summed E-state index contributed by atoms with van der Waals surface area (Å²) in [5, 5.41) is 2.17. The minimum atomic E-state index is -0.133. The zero-order valence-electron chi connectivity index (χ0n) is 14.4. The van der Waals surface area contributed by atoms with E-state index in [9.17, 15) is 4.79 Å². The molecular formula is C20H22N2O.